The normalized spacial score (nSPS) is 13.2. The van der Waals surface area contributed by atoms with Crippen LogP contribution in [0, 0.1) is 0 Å². The Balaban J connectivity index is 3.04. The Morgan fingerprint density at radius 1 is 1.40 bits per heavy atom. The van der Waals surface area contributed by atoms with E-state index in [1.165, 1.54) is 7.05 Å². The van der Waals surface area contributed by atoms with Gasteiger partial charge in [-0.1, -0.05) is 0 Å². The van der Waals surface area contributed by atoms with Gasteiger partial charge in [-0.05, 0) is 25.4 Å². The lowest BCUT2D eigenvalue weighted by atomic mass is 10.2. The van der Waals surface area contributed by atoms with Crippen molar-refractivity contribution in [1.82, 2.24) is 9.97 Å². The first-order valence-electron chi connectivity index (χ1n) is 6.15. The molecule has 0 saturated heterocycles. The highest BCUT2D eigenvalue weighted by molar-refractivity contribution is 7.98. The third-order valence-electron chi connectivity index (χ3n) is 2.99. The van der Waals surface area contributed by atoms with Crippen LogP contribution in [0.2, 0.25) is 0 Å². The first kappa shape index (κ1) is 16.9. The molecule has 0 aliphatic carbocycles. The molecule has 8 heteroatoms. The van der Waals surface area contributed by atoms with Crippen LogP contribution < -0.4 is 10.2 Å². The molecule has 20 heavy (non-hydrogen) atoms. The van der Waals surface area contributed by atoms with E-state index in [0.717, 1.165) is 18.2 Å². The number of hydrogen-bond acceptors (Lipinski definition) is 5. The van der Waals surface area contributed by atoms with Gasteiger partial charge in [0, 0.05) is 26.2 Å². The zero-order valence-electron chi connectivity index (χ0n) is 12.0. The standard InChI is InChI=1S/C12H19F3N4S/c1-8(5-6-20-4)19(3)10-7-9(12(13,14)15)17-11(16-2)18-10/h7-8H,5-6H2,1-4H3,(H,16,17,18). The van der Waals surface area contributed by atoms with E-state index in [4.69, 9.17) is 0 Å². The Labute approximate surface area is 121 Å². The minimum atomic E-state index is -4.48. The average Bonchev–Trinajstić information content (AvgIpc) is 2.42. The van der Waals surface area contributed by atoms with Gasteiger partial charge in [-0.15, -0.1) is 0 Å². The number of hydrogen-bond donors (Lipinski definition) is 1. The summed E-state index contributed by atoms with van der Waals surface area (Å²) in [4.78, 5) is 9.28. The van der Waals surface area contributed by atoms with Gasteiger partial charge in [0.15, 0.2) is 5.69 Å². The van der Waals surface area contributed by atoms with E-state index in [9.17, 15) is 13.2 Å². The molecule has 1 rings (SSSR count). The fraction of sp³-hybridized carbons (Fsp3) is 0.667. The zero-order chi connectivity index (χ0) is 15.3. The SMILES string of the molecule is CNc1nc(N(C)C(C)CCSC)cc(C(F)(F)F)n1. The molecule has 0 saturated carbocycles. The molecular formula is C12H19F3N4S. The molecule has 0 aliphatic heterocycles. The summed E-state index contributed by atoms with van der Waals surface area (Å²) in [6.45, 7) is 1.96. The first-order chi connectivity index (χ1) is 9.29. The Morgan fingerprint density at radius 3 is 2.55 bits per heavy atom. The number of rotatable bonds is 6. The Hall–Kier alpha value is -1.18. The third-order valence-corrected chi connectivity index (χ3v) is 3.63. The second-order valence-corrected chi connectivity index (χ2v) is 5.41. The van der Waals surface area contributed by atoms with Gasteiger partial charge in [0.25, 0.3) is 0 Å². The highest BCUT2D eigenvalue weighted by atomic mass is 32.2. The van der Waals surface area contributed by atoms with Crippen molar-refractivity contribution in [3.05, 3.63) is 11.8 Å². The van der Waals surface area contributed by atoms with Crippen molar-refractivity contribution in [2.24, 2.45) is 0 Å². The van der Waals surface area contributed by atoms with Gasteiger partial charge in [-0.25, -0.2) is 4.98 Å². The first-order valence-corrected chi connectivity index (χ1v) is 7.54. The largest absolute Gasteiger partial charge is 0.433 e. The summed E-state index contributed by atoms with van der Waals surface area (Å²) in [7, 11) is 3.24. The molecule has 0 fully saturated rings. The lowest BCUT2D eigenvalue weighted by Crippen LogP contribution is -2.30. The summed E-state index contributed by atoms with van der Waals surface area (Å²) < 4.78 is 38.4. The monoisotopic (exact) mass is 308 g/mol. The number of thioether (sulfide) groups is 1. The zero-order valence-corrected chi connectivity index (χ0v) is 12.8. The molecule has 0 amide bonds. The number of nitrogens with zero attached hydrogens (tertiary/aromatic N) is 3. The Kier molecular flexibility index (Phi) is 5.91. The van der Waals surface area contributed by atoms with Gasteiger partial charge in [-0.2, -0.15) is 29.9 Å². The molecule has 0 radical (unpaired) electrons. The van der Waals surface area contributed by atoms with Crippen molar-refractivity contribution in [3.63, 3.8) is 0 Å². The van der Waals surface area contributed by atoms with E-state index in [0.29, 0.717) is 0 Å². The van der Waals surface area contributed by atoms with Crippen LogP contribution in [0.3, 0.4) is 0 Å². The molecular weight excluding hydrogens is 289 g/mol. The summed E-state index contributed by atoms with van der Waals surface area (Å²) in [5.41, 5.74) is -0.934. The van der Waals surface area contributed by atoms with Crippen molar-refractivity contribution in [2.75, 3.05) is 36.3 Å². The number of halogens is 3. The van der Waals surface area contributed by atoms with Crippen LogP contribution in [0.4, 0.5) is 24.9 Å². The van der Waals surface area contributed by atoms with Gasteiger partial charge in [0.1, 0.15) is 5.82 Å². The summed E-state index contributed by atoms with van der Waals surface area (Å²) in [6, 6.07) is 1.08. The Morgan fingerprint density at radius 2 is 2.05 bits per heavy atom. The van der Waals surface area contributed by atoms with Crippen LogP contribution >= 0.6 is 11.8 Å². The maximum absolute atomic E-state index is 12.8. The predicted octanol–water partition coefficient (Wildman–Crippen LogP) is 3.11. The summed E-state index contributed by atoms with van der Waals surface area (Å²) >= 11 is 1.71. The van der Waals surface area contributed by atoms with Crippen molar-refractivity contribution < 1.29 is 13.2 Å². The van der Waals surface area contributed by atoms with Crippen LogP contribution in [0.1, 0.15) is 19.0 Å². The van der Waals surface area contributed by atoms with Gasteiger partial charge in [-0.3, -0.25) is 0 Å². The number of aromatic nitrogens is 2. The van der Waals surface area contributed by atoms with Crippen LogP contribution in [-0.2, 0) is 6.18 Å². The molecule has 1 aromatic rings. The maximum Gasteiger partial charge on any atom is 0.433 e. The predicted molar refractivity (Wildman–Crippen MR) is 77.4 cm³/mol. The maximum atomic E-state index is 12.8. The quantitative estimate of drug-likeness (QED) is 0.874. The van der Waals surface area contributed by atoms with Crippen molar-refractivity contribution in [2.45, 2.75) is 25.6 Å². The van der Waals surface area contributed by atoms with Crippen LogP contribution in [-0.4, -0.2) is 42.1 Å². The second kappa shape index (κ2) is 7.01. The second-order valence-electron chi connectivity index (χ2n) is 4.42. The Bertz CT molecular complexity index is 439. The summed E-state index contributed by atoms with van der Waals surface area (Å²) in [6.07, 6.45) is -1.61. The molecule has 114 valence electrons. The van der Waals surface area contributed by atoms with Gasteiger partial charge in [0.05, 0.1) is 0 Å². The van der Waals surface area contributed by atoms with E-state index >= 15 is 0 Å². The van der Waals surface area contributed by atoms with E-state index in [1.807, 2.05) is 13.2 Å². The molecule has 1 atom stereocenters. The van der Waals surface area contributed by atoms with Gasteiger partial charge < -0.3 is 10.2 Å². The fourth-order valence-corrected chi connectivity index (χ4v) is 2.16. The molecule has 1 heterocycles. The van der Waals surface area contributed by atoms with Crippen LogP contribution in [0.5, 0.6) is 0 Å². The lowest BCUT2D eigenvalue weighted by Gasteiger charge is -2.26. The van der Waals surface area contributed by atoms with Crippen LogP contribution in [0.15, 0.2) is 6.07 Å². The topological polar surface area (TPSA) is 41.1 Å². The summed E-state index contributed by atoms with van der Waals surface area (Å²) in [5, 5.41) is 2.56. The van der Waals surface area contributed by atoms with Crippen molar-refractivity contribution in [3.8, 4) is 0 Å². The fourth-order valence-electron chi connectivity index (χ4n) is 1.58. The molecule has 1 aromatic heterocycles. The molecule has 0 bridgehead atoms. The molecule has 4 nitrogen and oxygen atoms in total. The summed E-state index contributed by atoms with van der Waals surface area (Å²) in [5.74, 6) is 1.19. The number of anilines is 2. The number of nitrogens with one attached hydrogen (secondary N) is 1. The molecule has 0 aliphatic rings. The van der Waals surface area contributed by atoms with E-state index < -0.39 is 11.9 Å². The van der Waals surface area contributed by atoms with E-state index in [-0.39, 0.29) is 17.8 Å². The number of alkyl halides is 3. The van der Waals surface area contributed by atoms with E-state index in [2.05, 4.69) is 15.3 Å². The highest BCUT2D eigenvalue weighted by Crippen LogP contribution is 2.30. The average molecular weight is 308 g/mol. The third kappa shape index (κ3) is 4.43. The molecule has 1 unspecified atom stereocenters. The molecule has 0 aromatic carbocycles. The molecule has 0 spiro atoms. The van der Waals surface area contributed by atoms with Crippen molar-refractivity contribution in [1.29, 1.82) is 0 Å². The van der Waals surface area contributed by atoms with Crippen LogP contribution in [0.25, 0.3) is 0 Å². The smallest absolute Gasteiger partial charge is 0.357 e. The minimum absolute atomic E-state index is 0.0289. The van der Waals surface area contributed by atoms with E-state index in [1.54, 1.807) is 23.7 Å². The lowest BCUT2D eigenvalue weighted by molar-refractivity contribution is -0.141. The van der Waals surface area contributed by atoms with Gasteiger partial charge in [0.2, 0.25) is 5.95 Å². The van der Waals surface area contributed by atoms with Gasteiger partial charge >= 0.3 is 6.18 Å². The molecule has 1 N–H and O–H groups in total. The van der Waals surface area contributed by atoms with Crippen molar-refractivity contribution >= 4 is 23.5 Å². The highest BCUT2D eigenvalue weighted by Gasteiger charge is 2.34. The minimum Gasteiger partial charge on any atom is -0.357 e.